The Morgan fingerprint density at radius 1 is 1.17 bits per heavy atom. The van der Waals surface area contributed by atoms with E-state index in [4.69, 9.17) is 14.3 Å². The van der Waals surface area contributed by atoms with Gasteiger partial charge in [0, 0.05) is 19.3 Å². The highest BCUT2D eigenvalue weighted by Crippen LogP contribution is 2.23. The van der Waals surface area contributed by atoms with Crippen molar-refractivity contribution in [1.82, 2.24) is 0 Å². The van der Waals surface area contributed by atoms with Gasteiger partial charge in [0.15, 0.2) is 0 Å². The van der Waals surface area contributed by atoms with Crippen molar-refractivity contribution in [3.05, 3.63) is 47.9 Å². The van der Waals surface area contributed by atoms with Gasteiger partial charge in [-0.25, -0.2) is 4.79 Å². The summed E-state index contributed by atoms with van der Waals surface area (Å²) < 4.78 is 10.8. The van der Waals surface area contributed by atoms with Crippen molar-refractivity contribution in [2.45, 2.75) is 27.4 Å². The molecule has 0 unspecified atom stereocenters. The smallest absolute Gasteiger partial charge is 0.371 e. The van der Waals surface area contributed by atoms with Crippen LogP contribution in [0.15, 0.2) is 40.8 Å². The second kappa shape index (κ2) is 6.77. The standard InChI is InChI=1S/C18H23NO4/c1-18(2,3)12-19(4)13-5-7-14(8-6-13)22-11-15-9-10-16(23-15)17(20)21/h5-10H,11-12H2,1-4H3,(H,20,21). The molecule has 0 radical (unpaired) electrons. The van der Waals surface area contributed by atoms with Crippen molar-refractivity contribution in [3.8, 4) is 5.75 Å². The highest BCUT2D eigenvalue weighted by atomic mass is 16.5. The molecule has 0 saturated carbocycles. The molecule has 5 nitrogen and oxygen atoms in total. The molecule has 0 fully saturated rings. The van der Waals surface area contributed by atoms with E-state index in [0.29, 0.717) is 11.5 Å². The van der Waals surface area contributed by atoms with E-state index in [-0.39, 0.29) is 17.8 Å². The normalized spacial score (nSPS) is 11.3. The second-order valence-electron chi connectivity index (χ2n) is 6.77. The topological polar surface area (TPSA) is 62.9 Å². The van der Waals surface area contributed by atoms with Crippen LogP contribution in [0, 0.1) is 5.41 Å². The SMILES string of the molecule is CN(CC(C)(C)C)c1ccc(OCc2ccc(C(=O)O)o2)cc1. The first-order valence-electron chi connectivity index (χ1n) is 7.50. The zero-order valence-electron chi connectivity index (χ0n) is 14.0. The molecule has 1 heterocycles. The maximum Gasteiger partial charge on any atom is 0.371 e. The minimum Gasteiger partial charge on any atom is -0.486 e. The van der Waals surface area contributed by atoms with Gasteiger partial charge < -0.3 is 19.2 Å². The Hall–Kier alpha value is -2.43. The molecule has 0 aliphatic carbocycles. The highest BCUT2D eigenvalue weighted by molar-refractivity contribution is 5.84. The van der Waals surface area contributed by atoms with Crippen LogP contribution in [0.2, 0.25) is 0 Å². The van der Waals surface area contributed by atoms with E-state index in [2.05, 4.69) is 32.7 Å². The van der Waals surface area contributed by atoms with Crippen molar-refractivity contribution in [2.75, 3.05) is 18.5 Å². The van der Waals surface area contributed by atoms with Gasteiger partial charge in [0.2, 0.25) is 5.76 Å². The van der Waals surface area contributed by atoms with Crippen LogP contribution in [0.5, 0.6) is 5.75 Å². The highest BCUT2D eigenvalue weighted by Gasteiger charge is 2.14. The van der Waals surface area contributed by atoms with E-state index in [1.807, 2.05) is 24.3 Å². The molecular weight excluding hydrogens is 294 g/mol. The largest absolute Gasteiger partial charge is 0.486 e. The van der Waals surface area contributed by atoms with Crippen molar-refractivity contribution in [1.29, 1.82) is 0 Å². The van der Waals surface area contributed by atoms with Gasteiger partial charge in [-0.1, -0.05) is 20.8 Å². The molecule has 0 saturated heterocycles. The molecule has 23 heavy (non-hydrogen) atoms. The van der Waals surface area contributed by atoms with Gasteiger partial charge in [-0.15, -0.1) is 0 Å². The van der Waals surface area contributed by atoms with Gasteiger partial charge in [0.25, 0.3) is 0 Å². The molecule has 1 aromatic heterocycles. The number of furan rings is 1. The van der Waals surface area contributed by atoms with E-state index < -0.39 is 5.97 Å². The predicted octanol–water partition coefficient (Wildman–Crippen LogP) is 4.04. The number of hydrogen-bond acceptors (Lipinski definition) is 4. The summed E-state index contributed by atoms with van der Waals surface area (Å²) in [5.41, 5.74) is 1.35. The number of rotatable bonds is 6. The number of ether oxygens (including phenoxy) is 1. The van der Waals surface area contributed by atoms with Crippen molar-refractivity contribution < 1.29 is 19.1 Å². The Labute approximate surface area is 136 Å². The van der Waals surface area contributed by atoms with E-state index in [1.54, 1.807) is 6.07 Å². The number of carboxylic acids is 1. The van der Waals surface area contributed by atoms with Gasteiger partial charge in [0.05, 0.1) is 0 Å². The lowest BCUT2D eigenvalue weighted by Gasteiger charge is -2.28. The second-order valence-corrected chi connectivity index (χ2v) is 6.77. The van der Waals surface area contributed by atoms with Gasteiger partial charge in [-0.2, -0.15) is 0 Å². The van der Waals surface area contributed by atoms with Crippen LogP contribution in [0.3, 0.4) is 0 Å². The fourth-order valence-corrected chi connectivity index (χ4v) is 2.32. The number of aromatic carboxylic acids is 1. The van der Waals surface area contributed by atoms with Gasteiger partial charge >= 0.3 is 5.97 Å². The van der Waals surface area contributed by atoms with Crippen LogP contribution >= 0.6 is 0 Å². The quantitative estimate of drug-likeness (QED) is 0.871. The molecule has 0 bridgehead atoms. The molecule has 0 spiro atoms. The average molecular weight is 317 g/mol. The number of hydrogen-bond donors (Lipinski definition) is 1. The summed E-state index contributed by atoms with van der Waals surface area (Å²) in [6, 6.07) is 10.8. The summed E-state index contributed by atoms with van der Waals surface area (Å²) in [6.45, 7) is 7.77. The Morgan fingerprint density at radius 2 is 1.83 bits per heavy atom. The molecular formula is C18H23NO4. The van der Waals surface area contributed by atoms with E-state index in [9.17, 15) is 4.79 Å². The third-order valence-corrected chi connectivity index (χ3v) is 3.24. The number of nitrogens with zero attached hydrogens (tertiary/aromatic N) is 1. The molecule has 1 aromatic carbocycles. The van der Waals surface area contributed by atoms with Crippen LogP contribution in [-0.2, 0) is 6.61 Å². The lowest BCUT2D eigenvalue weighted by atomic mass is 9.96. The average Bonchev–Trinajstić information content (AvgIpc) is 2.93. The molecule has 1 N–H and O–H groups in total. The minimum atomic E-state index is -1.08. The summed E-state index contributed by atoms with van der Waals surface area (Å²) in [5, 5.41) is 8.81. The summed E-state index contributed by atoms with van der Waals surface area (Å²) in [7, 11) is 2.07. The maximum atomic E-state index is 10.7. The Kier molecular flexibility index (Phi) is 4.98. The first-order valence-corrected chi connectivity index (χ1v) is 7.50. The Bertz CT molecular complexity index is 652. The molecule has 2 aromatic rings. The first-order chi connectivity index (χ1) is 10.7. The summed E-state index contributed by atoms with van der Waals surface area (Å²) in [4.78, 5) is 13.0. The van der Waals surface area contributed by atoms with Crippen molar-refractivity contribution in [2.24, 2.45) is 5.41 Å². The summed E-state index contributed by atoms with van der Waals surface area (Å²) in [5.74, 6) is 0.0350. The van der Waals surface area contributed by atoms with E-state index in [0.717, 1.165) is 12.2 Å². The van der Waals surface area contributed by atoms with E-state index >= 15 is 0 Å². The molecule has 0 aliphatic heterocycles. The number of benzene rings is 1. The summed E-state index contributed by atoms with van der Waals surface area (Å²) in [6.07, 6.45) is 0. The van der Waals surface area contributed by atoms with Gasteiger partial charge in [-0.3, -0.25) is 0 Å². The lowest BCUT2D eigenvalue weighted by Crippen LogP contribution is -2.28. The molecule has 0 aliphatic rings. The zero-order chi connectivity index (χ0) is 17.0. The van der Waals surface area contributed by atoms with Crippen LogP contribution in [0.25, 0.3) is 0 Å². The van der Waals surface area contributed by atoms with Crippen LogP contribution < -0.4 is 9.64 Å². The first kappa shape index (κ1) is 16.9. The van der Waals surface area contributed by atoms with Crippen LogP contribution in [-0.4, -0.2) is 24.7 Å². The third-order valence-electron chi connectivity index (χ3n) is 3.24. The molecule has 0 amide bonds. The number of anilines is 1. The van der Waals surface area contributed by atoms with Gasteiger partial charge in [-0.05, 0) is 41.8 Å². The molecule has 124 valence electrons. The van der Waals surface area contributed by atoms with Crippen LogP contribution in [0.1, 0.15) is 37.1 Å². The minimum absolute atomic E-state index is 0.0808. The predicted molar refractivity (Wildman–Crippen MR) is 89.2 cm³/mol. The maximum absolute atomic E-state index is 10.7. The van der Waals surface area contributed by atoms with E-state index in [1.165, 1.54) is 6.07 Å². The number of carbonyl (C=O) groups is 1. The van der Waals surface area contributed by atoms with Crippen molar-refractivity contribution in [3.63, 3.8) is 0 Å². The number of carboxylic acid groups (broad SMARTS) is 1. The lowest BCUT2D eigenvalue weighted by molar-refractivity contribution is 0.0658. The fourth-order valence-electron chi connectivity index (χ4n) is 2.32. The third kappa shape index (κ3) is 5.06. The Morgan fingerprint density at radius 3 is 2.35 bits per heavy atom. The fraction of sp³-hybridized carbons (Fsp3) is 0.389. The Balaban J connectivity index is 1.93. The van der Waals surface area contributed by atoms with Crippen LogP contribution in [0.4, 0.5) is 5.69 Å². The van der Waals surface area contributed by atoms with Crippen molar-refractivity contribution >= 4 is 11.7 Å². The van der Waals surface area contributed by atoms with Gasteiger partial charge in [0.1, 0.15) is 18.1 Å². The molecule has 5 heteroatoms. The molecule has 0 atom stereocenters. The zero-order valence-corrected chi connectivity index (χ0v) is 14.0. The molecule has 2 rings (SSSR count). The summed E-state index contributed by atoms with van der Waals surface area (Å²) >= 11 is 0. The monoisotopic (exact) mass is 317 g/mol.